The van der Waals surface area contributed by atoms with E-state index >= 15 is 0 Å². The summed E-state index contributed by atoms with van der Waals surface area (Å²) in [4.78, 5) is 5.01. The molecule has 0 aromatic heterocycles. The van der Waals surface area contributed by atoms with Crippen LogP contribution in [0.4, 0.5) is 0 Å². The molecule has 1 heterocycles. The summed E-state index contributed by atoms with van der Waals surface area (Å²) < 4.78 is 0. The van der Waals surface area contributed by atoms with Gasteiger partial charge in [0.25, 0.3) is 0 Å². The monoisotopic (exact) mass is 257 g/mol. The fraction of sp³-hybridized carbons (Fsp3) is 1.00. The number of nitrogens with one attached hydrogen (secondary N) is 1. The third-order valence-electron chi connectivity index (χ3n) is 4.36. The van der Waals surface area contributed by atoms with Gasteiger partial charge >= 0.3 is 0 Å². The average molecular weight is 257 g/mol. The van der Waals surface area contributed by atoms with E-state index in [1.807, 2.05) is 7.05 Å². The molecule has 1 rings (SSSR count). The third kappa shape index (κ3) is 4.19. The Bertz CT molecular complexity index is 243. The van der Waals surface area contributed by atoms with E-state index in [1.54, 1.807) is 0 Å². The zero-order valence-electron chi connectivity index (χ0n) is 12.7. The fourth-order valence-corrected chi connectivity index (χ4v) is 3.06. The Balaban J connectivity index is 2.61. The van der Waals surface area contributed by atoms with Crippen LogP contribution in [0.2, 0.25) is 0 Å². The van der Waals surface area contributed by atoms with Crippen molar-refractivity contribution in [3.05, 3.63) is 0 Å². The molecule has 0 aliphatic carbocycles. The Labute approximate surface area is 112 Å². The van der Waals surface area contributed by atoms with Gasteiger partial charge in [0.15, 0.2) is 0 Å². The molecule has 1 aliphatic heterocycles. The molecule has 0 spiro atoms. The summed E-state index contributed by atoms with van der Waals surface area (Å²) in [6.07, 6.45) is 2.22. The lowest BCUT2D eigenvalue weighted by molar-refractivity contribution is 0.0966. The van der Waals surface area contributed by atoms with Crippen LogP contribution >= 0.6 is 0 Å². The predicted octanol–water partition coefficient (Wildman–Crippen LogP) is 0.761. The minimum absolute atomic E-state index is 0.169. The van der Waals surface area contributed by atoms with E-state index in [1.165, 1.54) is 13.0 Å². The van der Waals surface area contributed by atoms with Crippen LogP contribution in [0.15, 0.2) is 0 Å². The zero-order chi connectivity index (χ0) is 13.8. The molecule has 0 aromatic rings. The van der Waals surface area contributed by atoms with Crippen molar-refractivity contribution in [1.82, 2.24) is 15.1 Å². The highest BCUT2D eigenvalue weighted by Crippen LogP contribution is 2.20. The summed E-state index contributed by atoms with van der Waals surface area (Å²) >= 11 is 0. The van der Waals surface area contributed by atoms with Gasteiger partial charge in [0.2, 0.25) is 0 Å². The van der Waals surface area contributed by atoms with Crippen LogP contribution in [0, 0.1) is 0 Å². The molecule has 108 valence electrons. The van der Waals surface area contributed by atoms with Crippen LogP contribution in [-0.4, -0.2) is 72.9 Å². The van der Waals surface area contributed by atoms with Gasteiger partial charge < -0.3 is 15.3 Å². The highest BCUT2D eigenvalue weighted by atomic mass is 16.3. The maximum absolute atomic E-state index is 9.51. The van der Waals surface area contributed by atoms with Gasteiger partial charge in [-0.25, -0.2) is 0 Å². The standard InChI is InChI=1S/C14H31N3O/c1-12(9-14(3,11-18)15-4)17-8-6-7-16(5)10-13(17)2/h12-13,15,18H,6-11H2,1-5H3. The van der Waals surface area contributed by atoms with Gasteiger partial charge in [0, 0.05) is 24.2 Å². The van der Waals surface area contributed by atoms with Crippen LogP contribution in [0.25, 0.3) is 0 Å². The smallest absolute Gasteiger partial charge is 0.0611 e. The molecule has 0 saturated carbocycles. The van der Waals surface area contributed by atoms with Crippen molar-refractivity contribution < 1.29 is 5.11 Å². The van der Waals surface area contributed by atoms with Crippen molar-refractivity contribution in [1.29, 1.82) is 0 Å². The van der Waals surface area contributed by atoms with Crippen molar-refractivity contribution in [3.63, 3.8) is 0 Å². The molecular formula is C14H31N3O. The summed E-state index contributed by atoms with van der Waals surface area (Å²) in [6, 6.07) is 1.09. The molecule has 0 aromatic carbocycles. The Morgan fingerprint density at radius 2 is 2.11 bits per heavy atom. The van der Waals surface area contributed by atoms with E-state index in [0.29, 0.717) is 12.1 Å². The van der Waals surface area contributed by atoms with Crippen LogP contribution in [0.5, 0.6) is 0 Å². The van der Waals surface area contributed by atoms with Crippen molar-refractivity contribution in [3.8, 4) is 0 Å². The van der Waals surface area contributed by atoms with Gasteiger partial charge in [0.05, 0.1) is 6.61 Å². The van der Waals surface area contributed by atoms with Crippen LogP contribution < -0.4 is 5.32 Å². The number of aliphatic hydroxyl groups is 1. The Kier molecular flexibility index (Phi) is 6.05. The molecule has 1 saturated heterocycles. The second kappa shape index (κ2) is 6.85. The van der Waals surface area contributed by atoms with Gasteiger partial charge in [0.1, 0.15) is 0 Å². The number of hydrogen-bond donors (Lipinski definition) is 2. The normalized spacial score (nSPS) is 28.7. The van der Waals surface area contributed by atoms with Crippen LogP contribution in [-0.2, 0) is 0 Å². The number of likely N-dealkylation sites (N-methyl/N-ethyl adjacent to an activating group) is 2. The van der Waals surface area contributed by atoms with Gasteiger partial charge in [-0.15, -0.1) is 0 Å². The lowest BCUT2D eigenvalue weighted by Crippen LogP contribution is -2.51. The summed E-state index contributed by atoms with van der Waals surface area (Å²) in [5, 5.41) is 12.8. The van der Waals surface area contributed by atoms with E-state index < -0.39 is 0 Å². The molecule has 0 radical (unpaired) electrons. The fourth-order valence-electron chi connectivity index (χ4n) is 3.06. The van der Waals surface area contributed by atoms with E-state index in [-0.39, 0.29) is 12.1 Å². The number of hydrogen-bond acceptors (Lipinski definition) is 4. The first-order valence-corrected chi connectivity index (χ1v) is 7.16. The maximum Gasteiger partial charge on any atom is 0.0611 e. The summed E-state index contributed by atoms with van der Waals surface area (Å²) in [5.41, 5.74) is -0.169. The number of aliphatic hydroxyl groups excluding tert-OH is 1. The average Bonchev–Trinajstić information content (AvgIpc) is 2.49. The summed E-state index contributed by atoms with van der Waals surface area (Å²) in [5.74, 6) is 0. The number of rotatable bonds is 5. The molecule has 18 heavy (non-hydrogen) atoms. The Hall–Kier alpha value is -0.160. The van der Waals surface area contributed by atoms with Crippen molar-refractivity contribution in [2.75, 3.05) is 40.3 Å². The van der Waals surface area contributed by atoms with Gasteiger partial charge in [-0.3, -0.25) is 4.90 Å². The van der Waals surface area contributed by atoms with E-state index in [2.05, 4.69) is 42.9 Å². The Morgan fingerprint density at radius 1 is 1.44 bits per heavy atom. The molecule has 0 amide bonds. The first-order valence-electron chi connectivity index (χ1n) is 7.16. The van der Waals surface area contributed by atoms with Crippen LogP contribution in [0.1, 0.15) is 33.6 Å². The van der Waals surface area contributed by atoms with Crippen molar-refractivity contribution in [2.24, 2.45) is 0 Å². The molecule has 4 nitrogen and oxygen atoms in total. The summed E-state index contributed by atoms with van der Waals surface area (Å²) in [6.45, 7) is 10.4. The SMILES string of the molecule is CNC(C)(CO)CC(C)N1CCCN(C)CC1C. The lowest BCUT2D eigenvalue weighted by atomic mass is 9.93. The van der Waals surface area contributed by atoms with Crippen molar-refractivity contribution >= 4 is 0 Å². The van der Waals surface area contributed by atoms with Crippen LogP contribution in [0.3, 0.4) is 0 Å². The van der Waals surface area contributed by atoms with E-state index in [0.717, 1.165) is 19.5 Å². The second-order valence-corrected chi connectivity index (χ2v) is 6.22. The first-order chi connectivity index (χ1) is 8.41. The van der Waals surface area contributed by atoms with Crippen molar-refractivity contribution in [2.45, 2.75) is 51.2 Å². The zero-order valence-corrected chi connectivity index (χ0v) is 12.7. The second-order valence-electron chi connectivity index (χ2n) is 6.22. The largest absolute Gasteiger partial charge is 0.394 e. The van der Waals surface area contributed by atoms with E-state index in [9.17, 15) is 5.11 Å². The van der Waals surface area contributed by atoms with Gasteiger partial charge in [-0.05, 0) is 60.8 Å². The molecule has 0 bridgehead atoms. The third-order valence-corrected chi connectivity index (χ3v) is 4.36. The molecular weight excluding hydrogens is 226 g/mol. The molecule has 4 heteroatoms. The lowest BCUT2D eigenvalue weighted by Gasteiger charge is -2.38. The minimum atomic E-state index is -0.169. The van der Waals surface area contributed by atoms with E-state index in [4.69, 9.17) is 0 Å². The quantitative estimate of drug-likeness (QED) is 0.763. The topological polar surface area (TPSA) is 38.7 Å². The molecule has 1 fully saturated rings. The van der Waals surface area contributed by atoms with Gasteiger partial charge in [-0.1, -0.05) is 0 Å². The summed E-state index contributed by atoms with van der Waals surface area (Å²) in [7, 11) is 4.14. The minimum Gasteiger partial charge on any atom is -0.394 e. The highest BCUT2D eigenvalue weighted by Gasteiger charge is 2.30. The molecule has 2 N–H and O–H groups in total. The first kappa shape index (κ1) is 15.9. The molecule has 3 atom stereocenters. The maximum atomic E-state index is 9.51. The van der Waals surface area contributed by atoms with Gasteiger partial charge in [-0.2, -0.15) is 0 Å². The number of nitrogens with zero attached hydrogens (tertiary/aromatic N) is 2. The molecule has 1 aliphatic rings. The Morgan fingerprint density at radius 3 is 2.67 bits per heavy atom. The highest BCUT2D eigenvalue weighted by molar-refractivity contribution is 4.88. The molecule has 3 unspecified atom stereocenters. The predicted molar refractivity (Wildman–Crippen MR) is 76.9 cm³/mol.